The van der Waals surface area contributed by atoms with Gasteiger partial charge in [-0.3, -0.25) is 9.59 Å². The summed E-state index contributed by atoms with van der Waals surface area (Å²) < 4.78 is 1.97. The predicted molar refractivity (Wildman–Crippen MR) is 115 cm³/mol. The predicted octanol–water partition coefficient (Wildman–Crippen LogP) is 4.43. The van der Waals surface area contributed by atoms with Gasteiger partial charge in [-0.2, -0.15) is 0 Å². The van der Waals surface area contributed by atoms with Gasteiger partial charge in [0.15, 0.2) is 5.43 Å². The van der Waals surface area contributed by atoms with Crippen molar-refractivity contribution in [1.82, 2.24) is 4.57 Å². The number of amides is 1. The van der Waals surface area contributed by atoms with Gasteiger partial charge < -0.3 is 15.0 Å². The third kappa shape index (κ3) is 4.13. The molecule has 1 aromatic carbocycles. The van der Waals surface area contributed by atoms with Gasteiger partial charge in [0.2, 0.25) is 0 Å². The van der Waals surface area contributed by atoms with Crippen LogP contribution in [-0.4, -0.2) is 15.6 Å². The SMILES string of the molecule is CCCCc1c(C(=O)Nc2c(CC)cc(O)cc2CC)c(=O)c(C)c(C)n1C. The Labute approximate surface area is 167 Å². The van der Waals surface area contributed by atoms with E-state index in [4.69, 9.17) is 0 Å². The van der Waals surface area contributed by atoms with Crippen LogP contribution in [0.1, 0.15) is 72.0 Å². The maximum Gasteiger partial charge on any atom is 0.261 e. The van der Waals surface area contributed by atoms with Crippen LogP contribution in [-0.2, 0) is 26.3 Å². The molecule has 28 heavy (non-hydrogen) atoms. The fourth-order valence-electron chi connectivity index (χ4n) is 3.62. The minimum atomic E-state index is -0.370. The normalized spacial score (nSPS) is 10.9. The Kier molecular flexibility index (Phi) is 7.05. The number of nitrogens with one attached hydrogen (secondary N) is 1. The van der Waals surface area contributed by atoms with Crippen molar-refractivity contribution in [1.29, 1.82) is 0 Å². The Morgan fingerprint density at radius 2 is 1.68 bits per heavy atom. The van der Waals surface area contributed by atoms with Crippen LogP contribution >= 0.6 is 0 Å². The standard InChI is InChI=1S/C23H32N2O3/c1-7-10-11-19-20(22(27)14(4)15(5)25(19)6)23(28)24-21-16(8-2)12-18(26)13-17(21)9-3/h12-13,26H,7-11H2,1-6H3,(H,24,28). The van der Waals surface area contributed by atoms with Crippen LogP contribution in [0.2, 0.25) is 0 Å². The van der Waals surface area contributed by atoms with E-state index in [0.717, 1.165) is 35.4 Å². The first-order chi connectivity index (χ1) is 13.3. The minimum absolute atomic E-state index is 0.192. The smallest absolute Gasteiger partial charge is 0.261 e. The highest BCUT2D eigenvalue weighted by molar-refractivity contribution is 6.06. The van der Waals surface area contributed by atoms with Gasteiger partial charge in [0, 0.05) is 29.7 Å². The first-order valence-corrected chi connectivity index (χ1v) is 10.1. The highest BCUT2D eigenvalue weighted by Crippen LogP contribution is 2.28. The summed E-state index contributed by atoms with van der Waals surface area (Å²) in [4.78, 5) is 26.3. The van der Waals surface area contributed by atoms with Crippen LogP contribution < -0.4 is 10.7 Å². The molecule has 0 aliphatic rings. The molecule has 2 N–H and O–H groups in total. The Hall–Kier alpha value is -2.56. The summed E-state index contributed by atoms with van der Waals surface area (Å²) in [7, 11) is 1.92. The van der Waals surface area contributed by atoms with Gasteiger partial charge in [-0.1, -0.05) is 27.2 Å². The zero-order valence-electron chi connectivity index (χ0n) is 17.9. The van der Waals surface area contributed by atoms with Crippen LogP contribution in [0.5, 0.6) is 5.75 Å². The number of anilines is 1. The molecule has 0 bridgehead atoms. The number of phenolic OH excluding ortho intramolecular Hbond substituents is 1. The number of unbranched alkanes of at least 4 members (excludes halogenated alkanes) is 1. The third-order valence-corrected chi connectivity index (χ3v) is 5.59. The molecule has 5 nitrogen and oxygen atoms in total. The lowest BCUT2D eigenvalue weighted by Crippen LogP contribution is -2.30. The zero-order chi connectivity index (χ0) is 21.0. The molecule has 0 unspecified atom stereocenters. The van der Waals surface area contributed by atoms with Crippen molar-refractivity contribution in [3.8, 4) is 5.75 Å². The zero-order valence-corrected chi connectivity index (χ0v) is 17.9. The molecule has 0 spiro atoms. The summed E-state index contributed by atoms with van der Waals surface area (Å²) in [5.74, 6) is -0.178. The molecule has 1 aromatic heterocycles. The minimum Gasteiger partial charge on any atom is -0.508 e. The quantitative estimate of drug-likeness (QED) is 0.694. The highest BCUT2D eigenvalue weighted by Gasteiger charge is 2.23. The van der Waals surface area contributed by atoms with Gasteiger partial charge in [0.25, 0.3) is 5.91 Å². The van der Waals surface area contributed by atoms with Crippen molar-refractivity contribution >= 4 is 11.6 Å². The molecule has 0 saturated carbocycles. The summed E-state index contributed by atoms with van der Waals surface area (Å²) >= 11 is 0. The van der Waals surface area contributed by atoms with E-state index in [9.17, 15) is 14.7 Å². The second-order valence-corrected chi connectivity index (χ2v) is 7.32. The lowest BCUT2D eigenvalue weighted by molar-refractivity contribution is 0.102. The van der Waals surface area contributed by atoms with Gasteiger partial charge in [0.05, 0.1) is 0 Å². The number of aromatic nitrogens is 1. The van der Waals surface area contributed by atoms with Crippen molar-refractivity contribution in [3.05, 3.63) is 56.0 Å². The number of hydrogen-bond donors (Lipinski definition) is 2. The first kappa shape index (κ1) is 21.7. The average molecular weight is 385 g/mol. The lowest BCUT2D eigenvalue weighted by Gasteiger charge is -2.20. The molecule has 1 amide bonds. The van der Waals surface area contributed by atoms with Crippen molar-refractivity contribution in [3.63, 3.8) is 0 Å². The summed E-state index contributed by atoms with van der Waals surface area (Å²) in [5, 5.41) is 12.9. The summed E-state index contributed by atoms with van der Waals surface area (Å²) in [6, 6.07) is 3.34. The van der Waals surface area contributed by atoms with E-state index in [1.165, 1.54) is 0 Å². The molecule has 0 aliphatic carbocycles. The van der Waals surface area contributed by atoms with Crippen LogP contribution in [0.25, 0.3) is 0 Å². The molecule has 1 heterocycles. The molecule has 0 saturated heterocycles. The number of rotatable bonds is 7. The van der Waals surface area contributed by atoms with Crippen molar-refractivity contribution in [2.75, 3.05) is 5.32 Å². The van der Waals surface area contributed by atoms with E-state index in [1.54, 1.807) is 19.1 Å². The second kappa shape index (κ2) is 9.09. The number of carbonyl (C=O) groups is 1. The van der Waals surface area contributed by atoms with Crippen molar-refractivity contribution < 1.29 is 9.90 Å². The van der Waals surface area contributed by atoms with E-state index in [1.807, 2.05) is 32.4 Å². The van der Waals surface area contributed by atoms with Crippen molar-refractivity contribution in [2.45, 2.75) is 66.7 Å². The maximum absolute atomic E-state index is 13.3. The fraction of sp³-hybridized carbons (Fsp3) is 0.478. The van der Waals surface area contributed by atoms with E-state index in [0.29, 0.717) is 30.5 Å². The molecular formula is C23H32N2O3. The molecule has 0 atom stereocenters. The number of pyridine rings is 1. The maximum atomic E-state index is 13.3. The van der Waals surface area contributed by atoms with Gasteiger partial charge >= 0.3 is 0 Å². The number of benzene rings is 1. The number of hydrogen-bond acceptors (Lipinski definition) is 3. The molecule has 0 aliphatic heterocycles. The number of phenols is 1. The number of aryl methyl sites for hydroxylation is 2. The lowest BCUT2D eigenvalue weighted by atomic mass is 9.99. The van der Waals surface area contributed by atoms with Crippen LogP contribution in [0.4, 0.5) is 5.69 Å². The number of nitrogens with zero attached hydrogens (tertiary/aromatic N) is 1. The van der Waals surface area contributed by atoms with E-state index >= 15 is 0 Å². The third-order valence-electron chi connectivity index (χ3n) is 5.59. The summed E-state index contributed by atoms with van der Waals surface area (Å²) in [6.07, 6.45) is 3.92. The molecule has 2 rings (SSSR count). The Balaban J connectivity index is 2.61. The van der Waals surface area contributed by atoms with Crippen molar-refractivity contribution in [2.24, 2.45) is 7.05 Å². The molecule has 0 fully saturated rings. The average Bonchev–Trinajstić information content (AvgIpc) is 2.68. The Morgan fingerprint density at radius 3 is 2.18 bits per heavy atom. The van der Waals surface area contributed by atoms with Gasteiger partial charge in [-0.25, -0.2) is 0 Å². The van der Waals surface area contributed by atoms with Crippen LogP contribution in [0.15, 0.2) is 16.9 Å². The molecule has 152 valence electrons. The number of aromatic hydroxyl groups is 1. The Bertz CT molecular complexity index is 917. The summed E-state index contributed by atoms with van der Waals surface area (Å²) in [6.45, 7) is 9.74. The van der Waals surface area contributed by atoms with E-state index in [2.05, 4.69) is 12.2 Å². The monoisotopic (exact) mass is 384 g/mol. The van der Waals surface area contributed by atoms with Crippen LogP contribution in [0, 0.1) is 13.8 Å². The topological polar surface area (TPSA) is 71.3 Å². The fourth-order valence-corrected chi connectivity index (χ4v) is 3.62. The molecule has 5 heteroatoms. The second-order valence-electron chi connectivity index (χ2n) is 7.32. The number of carbonyl (C=O) groups excluding carboxylic acids is 1. The highest BCUT2D eigenvalue weighted by atomic mass is 16.3. The van der Waals surface area contributed by atoms with Crippen LogP contribution in [0.3, 0.4) is 0 Å². The molecular weight excluding hydrogens is 352 g/mol. The van der Waals surface area contributed by atoms with Gasteiger partial charge in [0.1, 0.15) is 11.3 Å². The van der Waals surface area contributed by atoms with Gasteiger partial charge in [-0.05, 0) is 62.8 Å². The largest absolute Gasteiger partial charge is 0.508 e. The van der Waals surface area contributed by atoms with E-state index in [-0.39, 0.29) is 22.6 Å². The molecule has 2 aromatic rings. The van der Waals surface area contributed by atoms with E-state index < -0.39 is 0 Å². The molecule has 0 radical (unpaired) electrons. The summed E-state index contributed by atoms with van der Waals surface area (Å²) in [5.41, 5.74) is 4.73. The Morgan fingerprint density at radius 1 is 1.11 bits per heavy atom. The first-order valence-electron chi connectivity index (χ1n) is 10.1. The van der Waals surface area contributed by atoms with Gasteiger partial charge in [-0.15, -0.1) is 0 Å².